The van der Waals surface area contributed by atoms with Gasteiger partial charge in [0.2, 0.25) is 5.91 Å². The molecule has 1 aromatic heterocycles. The monoisotopic (exact) mass is 390 g/mol. The van der Waals surface area contributed by atoms with Gasteiger partial charge in [-0.05, 0) is 18.2 Å². The topological polar surface area (TPSA) is 111 Å². The number of phenolic OH excluding ortho intramolecular Hbond substituents is 1. The first-order chi connectivity index (χ1) is 14.1. The minimum absolute atomic E-state index is 0.0234. The summed E-state index contributed by atoms with van der Waals surface area (Å²) < 4.78 is 5.94. The molecule has 3 N–H and O–H groups in total. The van der Waals surface area contributed by atoms with Crippen molar-refractivity contribution in [3.8, 4) is 11.5 Å². The van der Waals surface area contributed by atoms with Crippen LogP contribution in [-0.2, 0) is 11.3 Å². The van der Waals surface area contributed by atoms with Gasteiger partial charge in [0.25, 0.3) is 0 Å². The predicted octanol–water partition coefficient (Wildman–Crippen LogP) is 3.37. The number of azo groups is 1. The van der Waals surface area contributed by atoms with Crippen LogP contribution >= 0.6 is 0 Å². The number of fused-ring (bicyclic) bond motifs is 2. The van der Waals surface area contributed by atoms with Gasteiger partial charge in [-0.15, -0.1) is 10.2 Å². The Bertz CT molecular complexity index is 1190. The lowest BCUT2D eigenvalue weighted by Crippen LogP contribution is -2.47. The fourth-order valence-electron chi connectivity index (χ4n) is 3.68. The Balaban J connectivity index is 1.56. The van der Waals surface area contributed by atoms with Crippen molar-refractivity contribution < 1.29 is 19.4 Å². The molecular formula is C21H18N4O4. The van der Waals surface area contributed by atoms with Crippen LogP contribution in [0.5, 0.6) is 11.5 Å². The summed E-state index contributed by atoms with van der Waals surface area (Å²) in [6.07, 6.45) is 1.64. The second-order valence-corrected chi connectivity index (χ2v) is 7.06. The van der Waals surface area contributed by atoms with Crippen LogP contribution in [0.4, 0.5) is 5.69 Å². The zero-order valence-electron chi connectivity index (χ0n) is 15.4. The van der Waals surface area contributed by atoms with Crippen LogP contribution in [0.15, 0.2) is 51.0 Å². The van der Waals surface area contributed by atoms with E-state index in [0.29, 0.717) is 41.9 Å². The number of nitrogens with zero attached hydrogens (tertiary/aromatic N) is 3. The van der Waals surface area contributed by atoms with Gasteiger partial charge in [0.15, 0.2) is 11.5 Å². The van der Waals surface area contributed by atoms with E-state index >= 15 is 0 Å². The van der Waals surface area contributed by atoms with Crippen molar-refractivity contribution in [2.45, 2.75) is 6.54 Å². The van der Waals surface area contributed by atoms with Gasteiger partial charge in [0, 0.05) is 31.3 Å². The molecule has 0 saturated carbocycles. The molecule has 0 aliphatic carbocycles. The summed E-state index contributed by atoms with van der Waals surface area (Å²) in [5, 5.41) is 32.7. The summed E-state index contributed by atoms with van der Waals surface area (Å²) in [4.78, 5) is 13.6. The lowest BCUT2D eigenvalue weighted by atomic mass is 10.1. The zero-order valence-corrected chi connectivity index (χ0v) is 15.4. The van der Waals surface area contributed by atoms with E-state index in [1.54, 1.807) is 12.1 Å². The van der Waals surface area contributed by atoms with Gasteiger partial charge in [-0.3, -0.25) is 9.69 Å². The number of carbonyl (C=O) groups is 1. The van der Waals surface area contributed by atoms with Gasteiger partial charge in [0.05, 0.1) is 28.9 Å². The van der Waals surface area contributed by atoms with Gasteiger partial charge in [-0.1, -0.05) is 18.2 Å². The maximum absolute atomic E-state index is 11.7. The molecule has 1 fully saturated rings. The minimum atomic E-state index is -0.0547. The molecule has 0 radical (unpaired) electrons. The number of hydrogen-bond acceptors (Lipinski definition) is 7. The molecule has 0 unspecified atom stereocenters. The van der Waals surface area contributed by atoms with Crippen LogP contribution < -0.4 is 5.32 Å². The molecular weight excluding hydrogens is 372 g/mol. The highest BCUT2D eigenvalue weighted by Gasteiger charge is 2.23. The second-order valence-electron chi connectivity index (χ2n) is 7.06. The van der Waals surface area contributed by atoms with E-state index in [9.17, 15) is 15.0 Å². The van der Waals surface area contributed by atoms with Crippen molar-refractivity contribution in [1.29, 1.82) is 0 Å². The number of rotatable bonds is 3. The highest BCUT2D eigenvalue weighted by atomic mass is 16.4. The van der Waals surface area contributed by atoms with Gasteiger partial charge >= 0.3 is 0 Å². The number of nitrogens with one attached hydrogen (secondary N) is 1. The summed E-state index contributed by atoms with van der Waals surface area (Å²) in [6, 6.07) is 10.7. The highest BCUT2D eigenvalue weighted by Crippen LogP contribution is 2.41. The molecule has 0 bridgehead atoms. The Labute approximate surface area is 165 Å². The number of phenols is 1. The van der Waals surface area contributed by atoms with E-state index in [1.807, 2.05) is 29.2 Å². The average Bonchev–Trinajstić information content (AvgIpc) is 3.26. The molecule has 5 rings (SSSR count). The van der Waals surface area contributed by atoms with Crippen LogP contribution in [0.1, 0.15) is 16.9 Å². The molecule has 2 aromatic carbocycles. The second kappa shape index (κ2) is 6.75. The number of amides is 1. The third kappa shape index (κ3) is 3.03. The van der Waals surface area contributed by atoms with Gasteiger partial charge in [-0.25, -0.2) is 0 Å². The summed E-state index contributed by atoms with van der Waals surface area (Å²) in [5.41, 5.74) is 3.13. The van der Waals surface area contributed by atoms with Crippen LogP contribution in [0, 0.1) is 0 Å². The Hall–Kier alpha value is -3.65. The number of piperazine rings is 1. The number of benzene rings is 2. The molecule has 2 aliphatic heterocycles. The van der Waals surface area contributed by atoms with E-state index < -0.39 is 0 Å². The Morgan fingerprint density at radius 2 is 2.03 bits per heavy atom. The normalized spacial score (nSPS) is 17.8. The third-order valence-corrected chi connectivity index (χ3v) is 5.15. The van der Waals surface area contributed by atoms with E-state index in [1.165, 1.54) is 6.07 Å². The lowest BCUT2D eigenvalue weighted by Gasteiger charge is -2.26. The first kappa shape index (κ1) is 17.4. The summed E-state index contributed by atoms with van der Waals surface area (Å²) in [5.74, 6) is 0.224. The van der Waals surface area contributed by atoms with E-state index in [0.717, 1.165) is 11.3 Å². The van der Waals surface area contributed by atoms with Gasteiger partial charge in [0.1, 0.15) is 11.3 Å². The molecule has 0 spiro atoms. The molecule has 2 aliphatic rings. The van der Waals surface area contributed by atoms with E-state index in [4.69, 9.17) is 4.42 Å². The van der Waals surface area contributed by atoms with Crippen molar-refractivity contribution in [1.82, 2.24) is 10.2 Å². The van der Waals surface area contributed by atoms with Gasteiger partial charge < -0.3 is 19.9 Å². The third-order valence-electron chi connectivity index (χ3n) is 5.15. The average molecular weight is 390 g/mol. The summed E-state index contributed by atoms with van der Waals surface area (Å²) in [6.45, 7) is 1.81. The largest absolute Gasteiger partial charge is 0.507 e. The SMILES string of the molecule is O=C1CN(Cc2c(O)ccc3c(O)c(C=C4N=Nc5ccccc54)oc23)CCN1. The molecule has 3 heterocycles. The maximum Gasteiger partial charge on any atom is 0.234 e. The van der Waals surface area contributed by atoms with E-state index in [-0.39, 0.29) is 29.7 Å². The van der Waals surface area contributed by atoms with Crippen LogP contribution in [0.25, 0.3) is 22.7 Å². The molecule has 29 heavy (non-hydrogen) atoms. The number of carbonyl (C=O) groups excluding carboxylic acids is 1. The molecule has 0 atom stereocenters. The zero-order chi connectivity index (χ0) is 20.0. The molecule has 8 nitrogen and oxygen atoms in total. The molecule has 3 aromatic rings. The number of aromatic hydroxyl groups is 2. The van der Waals surface area contributed by atoms with Crippen molar-refractivity contribution in [2.75, 3.05) is 19.6 Å². The highest BCUT2D eigenvalue weighted by molar-refractivity contribution is 5.95. The minimum Gasteiger partial charge on any atom is -0.507 e. The van der Waals surface area contributed by atoms with Crippen molar-refractivity contribution in [2.24, 2.45) is 10.2 Å². The first-order valence-corrected chi connectivity index (χ1v) is 9.28. The predicted molar refractivity (Wildman–Crippen MR) is 107 cm³/mol. The summed E-state index contributed by atoms with van der Waals surface area (Å²) >= 11 is 0. The first-order valence-electron chi connectivity index (χ1n) is 9.28. The molecule has 1 amide bonds. The van der Waals surface area contributed by atoms with Crippen LogP contribution in [0.2, 0.25) is 0 Å². The molecule has 1 saturated heterocycles. The van der Waals surface area contributed by atoms with Crippen molar-refractivity contribution in [3.05, 3.63) is 53.3 Å². The lowest BCUT2D eigenvalue weighted by molar-refractivity contribution is -0.124. The molecule has 8 heteroatoms. The smallest absolute Gasteiger partial charge is 0.234 e. The molecule has 146 valence electrons. The van der Waals surface area contributed by atoms with Crippen molar-refractivity contribution in [3.63, 3.8) is 0 Å². The Morgan fingerprint density at radius 3 is 2.90 bits per heavy atom. The van der Waals surface area contributed by atoms with Gasteiger partial charge in [-0.2, -0.15) is 0 Å². The number of hydrogen-bond donors (Lipinski definition) is 3. The van der Waals surface area contributed by atoms with Crippen LogP contribution in [0.3, 0.4) is 0 Å². The quantitative estimate of drug-likeness (QED) is 0.635. The standard InChI is InChI=1S/C21H18N4O4/c26-17-6-5-13-20(28)18(9-16-12-3-1-2-4-15(12)23-24-16)29-21(13)14(17)10-25-8-7-22-19(27)11-25/h1-6,9,26,28H,7-8,10-11H2,(H,22,27). The fraction of sp³-hybridized carbons (Fsp3) is 0.190. The summed E-state index contributed by atoms with van der Waals surface area (Å²) in [7, 11) is 0. The maximum atomic E-state index is 11.7. The fourth-order valence-corrected chi connectivity index (χ4v) is 3.68. The Morgan fingerprint density at radius 1 is 1.17 bits per heavy atom. The number of furan rings is 1. The van der Waals surface area contributed by atoms with Crippen LogP contribution in [-0.4, -0.2) is 40.7 Å². The van der Waals surface area contributed by atoms with Crippen molar-refractivity contribution >= 4 is 34.3 Å². The van der Waals surface area contributed by atoms with E-state index in [2.05, 4.69) is 15.5 Å². The Kier molecular flexibility index (Phi) is 4.06.